The molecular weight excluding hydrogens is 372 g/mol. The lowest BCUT2D eigenvalue weighted by molar-refractivity contribution is -0.146. The molecule has 2 rings (SSSR count). The highest BCUT2D eigenvalue weighted by Gasteiger charge is 2.44. The van der Waals surface area contributed by atoms with E-state index in [4.69, 9.17) is 9.84 Å². The highest BCUT2D eigenvalue weighted by Crippen LogP contribution is 2.38. The SMILES string of the molecule is CC.CCC.CCNC(C)C(=O)OCC.O=CN1[C@H](C(=O)O)C[C@@H]2CCCC[C@@H]21. The molecular formula is C22H44N2O5. The molecule has 1 saturated heterocycles. The number of nitrogens with one attached hydrogen (secondary N) is 1. The Kier molecular flexibility index (Phi) is 18.8. The number of esters is 1. The minimum atomic E-state index is -0.855. The van der Waals surface area contributed by atoms with Gasteiger partial charge >= 0.3 is 11.9 Å². The van der Waals surface area contributed by atoms with Gasteiger partial charge in [0.1, 0.15) is 12.1 Å². The highest BCUT2D eigenvalue weighted by molar-refractivity contribution is 5.77. The van der Waals surface area contributed by atoms with Gasteiger partial charge in [-0.15, -0.1) is 0 Å². The maximum atomic E-state index is 10.9. The molecule has 2 N–H and O–H groups in total. The van der Waals surface area contributed by atoms with E-state index in [1.165, 1.54) is 17.7 Å². The molecule has 0 aromatic heterocycles. The number of likely N-dealkylation sites (tertiary alicyclic amines) is 1. The van der Waals surface area contributed by atoms with Crippen molar-refractivity contribution in [3.8, 4) is 0 Å². The van der Waals surface area contributed by atoms with Gasteiger partial charge in [-0.3, -0.25) is 9.59 Å². The number of carbonyl (C=O) groups is 3. The second-order valence-electron chi connectivity index (χ2n) is 6.99. The Bertz CT molecular complexity index is 445. The lowest BCUT2D eigenvalue weighted by Crippen LogP contribution is -2.41. The van der Waals surface area contributed by atoms with Gasteiger partial charge in [0, 0.05) is 6.04 Å². The minimum absolute atomic E-state index is 0.176. The number of carbonyl (C=O) groups excluding carboxylic acids is 2. The summed E-state index contributed by atoms with van der Waals surface area (Å²) in [5.41, 5.74) is 0. The van der Waals surface area contributed by atoms with Crippen molar-refractivity contribution in [2.24, 2.45) is 5.92 Å². The molecule has 172 valence electrons. The number of carboxylic acids is 1. The number of rotatable bonds is 6. The van der Waals surface area contributed by atoms with Crippen LogP contribution < -0.4 is 5.32 Å². The number of hydrogen-bond donors (Lipinski definition) is 2. The van der Waals surface area contributed by atoms with E-state index in [-0.39, 0.29) is 18.1 Å². The quantitative estimate of drug-likeness (QED) is 0.504. The predicted octanol–water partition coefficient (Wildman–Crippen LogP) is 3.85. The summed E-state index contributed by atoms with van der Waals surface area (Å²) in [5.74, 6) is -0.606. The van der Waals surface area contributed by atoms with E-state index >= 15 is 0 Å². The van der Waals surface area contributed by atoms with E-state index in [9.17, 15) is 14.4 Å². The molecule has 0 aromatic carbocycles. The second-order valence-corrected chi connectivity index (χ2v) is 6.99. The highest BCUT2D eigenvalue weighted by atomic mass is 16.5. The Morgan fingerprint density at radius 3 is 2.17 bits per heavy atom. The van der Waals surface area contributed by atoms with Crippen molar-refractivity contribution >= 4 is 18.3 Å². The van der Waals surface area contributed by atoms with Crippen molar-refractivity contribution in [2.75, 3.05) is 13.2 Å². The first kappa shape index (κ1) is 29.6. The summed E-state index contributed by atoms with van der Waals surface area (Å²) in [4.78, 5) is 34.1. The van der Waals surface area contributed by atoms with Crippen LogP contribution in [0.2, 0.25) is 0 Å². The van der Waals surface area contributed by atoms with Gasteiger partial charge in [0.15, 0.2) is 0 Å². The van der Waals surface area contributed by atoms with E-state index in [0.717, 1.165) is 32.2 Å². The molecule has 1 amide bonds. The fourth-order valence-electron chi connectivity index (χ4n) is 3.53. The van der Waals surface area contributed by atoms with Gasteiger partial charge in [-0.1, -0.05) is 53.9 Å². The lowest BCUT2D eigenvalue weighted by atomic mass is 9.85. The van der Waals surface area contributed by atoms with Crippen LogP contribution in [0.15, 0.2) is 0 Å². The summed E-state index contributed by atoms with van der Waals surface area (Å²) in [5, 5.41) is 11.9. The molecule has 2 fully saturated rings. The molecule has 1 aliphatic carbocycles. The van der Waals surface area contributed by atoms with E-state index in [0.29, 0.717) is 18.9 Å². The van der Waals surface area contributed by atoms with Crippen molar-refractivity contribution in [3.05, 3.63) is 0 Å². The number of aliphatic carboxylic acids is 1. The van der Waals surface area contributed by atoms with Crippen LogP contribution in [-0.2, 0) is 19.1 Å². The summed E-state index contributed by atoms with van der Waals surface area (Å²) in [7, 11) is 0. The van der Waals surface area contributed by atoms with Gasteiger partial charge in [0.2, 0.25) is 6.41 Å². The second kappa shape index (κ2) is 18.4. The number of likely N-dealkylation sites (N-methyl/N-ethyl adjacent to an activating group) is 1. The number of ether oxygens (including phenoxy) is 1. The maximum absolute atomic E-state index is 10.9. The first-order chi connectivity index (χ1) is 13.9. The molecule has 1 saturated carbocycles. The van der Waals surface area contributed by atoms with Crippen molar-refractivity contribution < 1.29 is 24.2 Å². The van der Waals surface area contributed by atoms with Crippen molar-refractivity contribution in [1.29, 1.82) is 0 Å². The first-order valence-electron chi connectivity index (χ1n) is 11.2. The Labute approximate surface area is 177 Å². The molecule has 1 unspecified atom stereocenters. The number of carboxylic acid groups (broad SMARTS) is 1. The monoisotopic (exact) mass is 416 g/mol. The standard InChI is InChI=1S/C10H15NO3.C7H15NO2.C3H8.C2H6/c12-6-11-8-4-2-1-3-7(8)5-9(11)10(13)14;1-4-8-6(3)7(9)10-5-2;1-3-2;1-2/h6-9H,1-5H2,(H,13,14);6,8H,4-5H2,1-3H3;3H2,1-2H3;1-2H3/t7-,8-,9-;;;/m0.../s1. The van der Waals surface area contributed by atoms with Crippen LogP contribution in [0, 0.1) is 5.92 Å². The zero-order valence-electron chi connectivity index (χ0n) is 19.6. The number of nitrogens with zero attached hydrogens (tertiary/aromatic N) is 1. The van der Waals surface area contributed by atoms with Gasteiger partial charge < -0.3 is 20.1 Å². The van der Waals surface area contributed by atoms with Crippen LogP contribution >= 0.6 is 0 Å². The molecule has 1 heterocycles. The molecule has 0 aromatic rings. The third kappa shape index (κ3) is 11.2. The number of amides is 1. The summed E-state index contributed by atoms with van der Waals surface area (Å²) in [6.07, 6.45) is 6.98. The van der Waals surface area contributed by atoms with Crippen molar-refractivity contribution in [2.45, 2.75) is 105 Å². The zero-order valence-corrected chi connectivity index (χ0v) is 19.6. The predicted molar refractivity (Wildman–Crippen MR) is 117 cm³/mol. The van der Waals surface area contributed by atoms with Crippen LogP contribution in [0.5, 0.6) is 0 Å². The van der Waals surface area contributed by atoms with E-state index in [1.54, 1.807) is 13.8 Å². The van der Waals surface area contributed by atoms with E-state index in [2.05, 4.69) is 19.2 Å². The Balaban J connectivity index is 0. The normalized spacial score (nSPS) is 22.9. The van der Waals surface area contributed by atoms with Crippen molar-refractivity contribution in [1.82, 2.24) is 10.2 Å². The van der Waals surface area contributed by atoms with E-state index < -0.39 is 12.0 Å². The largest absolute Gasteiger partial charge is 0.480 e. The van der Waals surface area contributed by atoms with Gasteiger partial charge in [-0.25, -0.2) is 4.79 Å². The van der Waals surface area contributed by atoms with Crippen LogP contribution in [0.25, 0.3) is 0 Å². The van der Waals surface area contributed by atoms with Gasteiger partial charge in [0.25, 0.3) is 0 Å². The topological polar surface area (TPSA) is 95.9 Å². The smallest absolute Gasteiger partial charge is 0.326 e. The molecule has 0 bridgehead atoms. The summed E-state index contributed by atoms with van der Waals surface area (Å²) in [6.45, 7) is 15.0. The molecule has 7 heteroatoms. The third-order valence-corrected chi connectivity index (χ3v) is 4.70. The van der Waals surface area contributed by atoms with Crippen LogP contribution in [0.4, 0.5) is 0 Å². The van der Waals surface area contributed by atoms with Gasteiger partial charge in [-0.2, -0.15) is 0 Å². The summed E-state index contributed by atoms with van der Waals surface area (Å²) < 4.78 is 4.75. The number of hydrogen-bond acceptors (Lipinski definition) is 5. The third-order valence-electron chi connectivity index (χ3n) is 4.70. The molecule has 7 nitrogen and oxygen atoms in total. The molecule has 1 aliphatic heterocycles. The Morgan fingerprint density at radius 1 is 1.17 bits per heavy atom. The average Bonchev–Trinajstić information content (AvgIpc) is 3.10. The van der Waals surface area contributed by atoms with Gasteiger partial charge in [0.05, 0.1) is 6.61 Å². The molecule has 0 spiro atoms. The average molecular weight is 417 g/mol. The molecule has 29 heavy (non-hydrogen) atoms. The Morgan fingerprint density at radius 2 is 1.72 bits per heavy atom. The van der Waals surface area contributed by atoms with Crippen LogP contribution in [0.1, 0.15) is 87.0 Å². The molecule has 2 aliphatic rings. The number of fused-ring (bicyclic) bond motifs is 1. The summed E-state index contributed by atoms with van der Waals surface area (Å²) >= 11 is 0. The minimum Gasteiger partial charge on any atom is -0.480 e. The zero-order chi connectivity index (χ0) is 22.8. The van der Waals surface area contributed by atoms with E-state index in [1.807, 2.05) is 20.8 Å². The Hall–Kier alpha value is -1.63. The van der Waals surface area contributed by atoms with Crippen LogP contribution in [-0.4, -0.2) is 59.6 Å². The fourth-order valence-corrected chi connectivity index (χ4v) is 3.53. The molecule has 4 atom stereocenters. The van der Waals surface area contributed by atoms with Gasteiger partial charge in [-0.05, 0) is 45.6 Å². The lowest BCUT2D eigenvalue weighted by Gasteiger charge is -2.29. The fraction of sp³-hybridized carbons (Fsp3) is 0.864. The van der Waals surface area contributed by atoms with Crippen molar-refractivity contribution in [3.63, 3.8) is 0 Å². The first-order valence-corrected chi connectivity index (χ1v) is 11.2. The van der Waals surface area contributed by atoms with Crippen LogP contribution in [0.3, 0.4) is 0 Å². The molecule has 0 radical (unpaired) electrons. The summed E-state index contributed by atoms with van der Waals surface area (Å²) in [6, 6.07) is -0.548. The maximum Gasteiger partial charge on any atom is 0.326 e.